The summed E-state index contributed by atoms with van der Waals surface area (Å²) in [7, 11) is 2.13. The predicted molar refractivity (Wildman–Crippen MR) is 96.5 cm³/mol. The molecule has 8 heteroatoms. The van der Waals surface area contributed by atoms with Gasteiger partial charge >= 0.3 is 6.18 Å². The fraction of sp³-hybridized carbons (Fsp3) is 0.611. The van der Waals surface area contributed by atoms with E-state index in [1.165, 1.54) is 25.0 Å². The Kier molecular flexibility index (Phi) is 7.56. The van der Waals surface area contributed by atoms with Gasteiger partial charge in [0.1, 0.15) is 5.75 Å². The SMILES string of the molecule is CCNC(=NCc1ccc(OCC(F)(F)F)cc1)NCC1CCCN1C. The summed E-state index contributed by atoms with van der Waals surface area (Å²) >= 11 is 0. The van der Waals surface area contributed by atoms with Crippen molar-refractivity contribution < 1.29 is 17.9 Å². The number of guanidine groups is 1. The van der Waals surface area contributed by atoms with Gasteiger partial charge < -0.3 is 20.3 Å². The van der Waals surface area contributed by atoms with E-state index in [1.54, 1.807) is 12.1 Å². The Bertz CT molecular complexity index is 575. The minimum atomic E-state index is -4.33. The van der Waals surface area contributed by atoms with Gasteiger partial charge in [-0.1, -0.05) is 12.1 Å². The third-order valence-corrected chi connectivity index (χ3v) is 4.27. The minimum absolute atomic E-state index is 0.198. The van der Waals surface area contributed by atoms with Crippen LogP contribution in [-0.4, -0.2) is 56.4 Å². The molecule has 1 saturated heterocycles. The summed E-state index contributed by atoms with van der Waals surface area (Å²) in [5, 5.41) is 6.57. The number of likely N-dealkylation sites (N-methyl/N-ethyl adjacent to an activating group) is 1. The van der Waals surface area contributed by atoms with Gasteiger partial charge in [-0.2, -0.15) is 13.2 Å². The predicted octanol–water partition coefficient (Wildman–Crippen LogP) is 2.78. The Morgan fingerprint density at radius 1 is 1.27 bits per heavy atom. The van der Waals surface area contributed by atoms with Crippen LogP contribution in [0.15, 0.2) is 29.3 Å². The molecule has 0 aliphatic carbocycles. The third kappa shape index (κ3) is 7.11. The van der Waals surface area contributed by atoms with E-state index in [9.17, 15) is 13.2 Å². The Morgan fingerprint density at radius 3 is 2.58 bits per heavy atom. The normalized spacial score (nSPS) is 18.8. The zero-order chi connectivity index (χ0) is 19.0. The number of benzene rings is 1. The van der Waals surface area contributed by atoms with Crippen LogP contribution in [0.2, 0.25) is 0 Å². The molecule has 0 radical (unpaired) electrons. The first-order valence-corrected chi connectivity index (χ1v) is 8.88. The van der Waals surface area contributed by atoms with E-state index >= 15 is 0 Å². The molecule has 1 atom stereocenters. The Labute approximate surface area is 152 Å². The van der Waals surface area contributed by atoms with Gasteiger partial charge in [0.15, 0.2) is 12.6 Å². The number of aliphatic imine (C=N–C) groups is 1. The van der Waals surface area contributed by atoms with Crippen molar-refractivity contribution in [3.05, 3.63) is 29.8 Å². The number of rotatable bonds is 7. The molecule has 1 aliphatic rings. The monoisotopic (exact) mass is 372 g/mol. The lowest BCUT2D eigenvalue weighted by molar-refractivity contribution is -0.153. The van der Waals surface area contributed by atoms with Gasteiger partial charge in [-0.3, -0.25) is 0 Å². The van der Waals surface area contributed by atoms with Gasteiger partial charge in [-0.05, 0) is 51.1 Å². The molecule has 1 unspecified atom stereocenters. The van der Waals surface area contributed by atoms with Crippen LogP contribution in [0.25, 0.3) is 0 Å². The van der Waals surface area contributed by atoms with Gasteiger partial charge in [0, 0.05) is 19.1 Å². The second-order valence-electron chi connectivity index (χ2n) is 6.40. The molecule has 1 aromatic rings. The number of nitrogens with one attached hydrogen (secondary N) is 2. The number of nitrogens with zero attached hydrogens (tertiary/aromatic N) is 2. The standard InChI is InChI=1S/C18H27F3N4O/c1-3-22-17(24-12-15-5-4-10-25(15)2)23-11-14-6-8-16(9-7-14)26-13-18(19,20)21/h6-9,15H,3-5,10-13H2,1-2H3,(H2,22,23,24). The van der Waals surface area contributed by atoms with E-state index in [-0.39, 0.29) is 5.75 Å². The van der Waals surface area contributed by atoms with Crippen LogP contribution in [0.1, 0.15) is 25.3 Å². The second-order valence-corrected chi connectivity index (χ2v) is 6.40. The summed E-state index contributed by atoms with van der Waals surface area (Å²) < 4.78 is 41.2. The first-order valence-electron chi connectivity index (χ1n) is 8.88. The Morgan fingerprint density at radius 2 is 2.00 bits per heavy atom. The Hall–Kier alpha value is -1.96. The molecule has 1 fully saturated rings. The molecular weight excluding hydrogens is 345 g/mol. The number of halogens is 3. The molecule has 0 saturated carbocycles. The van der Waals surface area contributed by atoms with Crippen molar-refractivity contribution in [1.82, 2.24) is 15.5 Å². The summed E-state index contributed by atoms with van der Waals surface area (Å²) in [6.45, 7) is 3.89. The molecule has 1 aliphatic heterocycles. The summed E-state index contributed by atoms with van der Waals surface area (Å²) in [4.78, 5) is 6.88. The van der Waals surface area contributed by atoms with E-state index < -0.39 is 12.8 Å². The van der Waals surface area contributed by atoms with Crippen molar-refractivity contribution in [2.75, 3.05) is 33.3 Å². The first kappa shape index (κ1) is 20.4. The van der Waals surface area contributed by atoms with Crippen LogP contribution in [0.5, 0.6) is 5.75 Å². The number of likely N-dealkylation sites (tertiary alicyclic amines) is 1. The van der Waals surface area contributed by atoms with Gasteiger partial charge in [-0.15, -0.1) is 0 Å². The molecule has 1 heterocycles. The lowest BCUT2D eigenvalue weighted by Crippen LogP contribution is -2.44. The molecule has 146 valence electrons. The lowest BCUT2D eigenvalue weighted by atomic mass is 10.2. The lowest BCUT2D eigenvalue weighted by Gasteiger charge is -2.21. The van der Waals surface area contributed by atoms with Crippen molar-refractivity contribution in [3.63, 3.8) is 0 Å². The van der Waals surface area contributed by atoms with Gasteiger partial charge in [0.05, 0.1) is 6.54 Å². The summed E-state index contributed by atoms with van der Waals surface area (Å²) in [6.07, 6.45) is -1.93. The maximum atomic E-state index is 12.2. The molecule has 0 aromatic heterocycles. The average molecular weight is 372 g/mol. The van der Waals surface area contributed by atoms with Gasteiger partial charge in [-0.25, -0.2) is 4.99 Å². The van der Waals surface area contributed by atoms with E-state index in [1.807, 2.05) is 6.92 Å². The maximum absolute atomic E-state index is 12.2. The number of ether oxygens (including phenoxy) is 1. The minimum Gasteiger partial charge on any atom is -0.484 e. The van der Waals surface area contributed by atoms with Crippen molar-refractivity contribution in [2.24, 2.45) is 4.99 Å². The van der Waals surface area contributed by atoms with Crippen molar-refractivity contribution in [1.29, 1.82) is 0 Å². The highest BCUT2D eigenvalue weighted by molar-refractivity contribution is 5.79. The fourth-order valence-corrected chi connectivity index (χ4v) is 2.82. The molecular formula is C18H27F3N4O. The zero-order valence-corrected chi connectivity index (χ0v) is 15.3. The summed E-state index contributed by atoms with van der Waals surface area (Å²) in [6, 6.07) is 7.03. The molecule has 1 aromatic carbocycles. The average Bonchev–Trinajstić information content (AvgIpc) is 3.01. The third-order valence-electron chi connectivity index (χ3n) is 4.27. The van der Waals surface area contributed by atoms with Gasteiger partial charge in [0.2, 0.25) is 0 Å². The molecule has 2 rings (SSSR count). The van der Waals surface area contributed by atoms with Crippen molar-refractivity contribution in [3.8, 4) is 5.75 Å². The quantitative estimate of drug-likeness (QED) is 0.571. The smallest absolute Gasteiger partial charge is 0.422 e. The van der Waals surface area contributed by atoms with Crippen LogP contribution in [0.4, 0.5) is 13.2 Å². The van der Waals surface area contributed by atoms with Crippen LogP contribution >= 0.6 is 0 Å². The number of hydrogen-bond acceptors (Lipinski definition) is 3. The molecule has 0 spiro atoms. The number of alkyl halides is 3. The topological polar surface area (TPSA) is 48.9 Å². The highest BCUT2D eigenvalue weighted by Gasteiger charge is 2.28. The molecule has 5 nitrogen and oxygen atoms in total. The molecule has 0 amide bonds. The highest BCUT2D eigenvalue weighted by atomic mass is 19.4. The van der Waals surface area contributed by atoms with Crippen molar-refractivity contribution >= 4 is 5.96 Å². The maximum Gasteiger partial charge on any atom is 0.422 e. The van der Waals surface area contributed by atoms with Crippen LogP contribution in [0, 0.1) is 0 Å². The molecule has 26 heavy (non-hydrogen) atoms. The van der Waals surface area contributed by atoms with E-state index in [2.05, 4.69) is 27.6 Å². The summed E-state index contributed by atoms with van der Waals surface area (Å²) in [5.74, 6) is 0.939. The second kappa shape index (κ2) is 9.66. The van der Waals surface area contributed by atoms with Crippen LogP contribution < -0.4 is 15.4 Å². The van der Waals surface area contributed by atoms with Gasteiger partial charge in [0.25, 0.3) is 0 Å². The first-order chi connectivity index (χ1) is 12.4. The van der Waals surface area contributed by atoms with Crippen LogP contribution in [0.3, 0.4) is 0 Å². The van der Waals surface area contributed by atoms with Crippen molar-refractivity contribution in [2.45, 2.75) is 38.5 Å². The van der Waals surface area contributed by atoms with E-state index in [0.717, 1.165) is 31.2 Å². The highest BCUT2D eigenvalue weighted by Crippen LogP contribution is 2.19. The summed E-state index contributed by atoms with van der Waals surface area (Å²) in [5.41, 5.74) is 0.902. The van der Waals surface area contributed by atoms with Crippen LogP contribution in [-0.2, 0) is 6.54 Å². The molecule has 0 bridgehead atoms. The fourth-order valence-electron chi connectivity index (χ4n) is 2.82. The zero-order valence-electron chi connectivity index (χ0n) is 15.3. The number of hydrogen-bond donors (Lipinski definition) is 2. The largest absolute Gasteiger partial charge is 0.484 e. The van der Waals surface area contributed by atoms with E-state index in [0.29, 0.717) is 12.6 Å². The Balaban J connectivity index is 1.85. The van der Waals surface area contributed by atoms with E-state index in [4.69, 9.17) is 4.74 Å². The molecule has 2 N–H and O–H groups in total.